The van der Waals surface area contributed by atoms with Crippen molar-refractivity contribution in [3.8, 4) is 11.1 Å². The lowest BCUT2D eigenvalue weighted by Crippen LogP contribution is -2.44. The SMILES string of the molecule is CC(NC(C)(C)C)C(O)c1ccc(-c2ccccc2)cc1. The first-order valence-electron chi connectivity index (χ1n) is 7.48. The third-order valence-corrected chi connectivity index (χ3v) is 3.49. The quantitative estimate of drug-likeness (QED) is 0.883. The molecule has 112 valence electrons. The van der Waals surface area contributed by atoms with E-state index in [-0.39, 0.29) is 11.6 Å². The Morgan fingerprint density at radius 2 is 1.38 bits per heavy atom. The van der Waals surface area contributed by atoms with Crippen LogP contribution in [-0.2, 0) is 0 Å². The smallest absolute Gasteiger partial charge is 0.0940 e. The molecule has 0 aromatic heterocycles. The molecule has 2 N–H and O–H groups in total. The predicted molar refractivity (Wildman–Crippen MR) is 89.2 cm³/mol. The summed E-state index contributed by atoms with van der Waals surface area (Å²) in [5.41, 5.74) is 3.30. The Labute approximate surface area is 127 Å². The van der Waals surface area contributed by atoms with Crippen LogP contribution in [0.25, 0.3) is 11.1 Å². The van der Waals surface area contributed by atoms with E-state index in [1.54, 1.807) is 0 Å². The summed E-state index contributed by atoms with van der Waals surface area (Å²) in [6, 6.07) is 18.4. The zero-order chi connectivity index (χ0) is 15.5. The van der Waals surface area contributed by atoms with Gasteiger partial charge in [0.1, 0.15) is 0 Å². The molecule has 2 atom stereocenters. The summed E-state index contributed by atoms with van der Waals surface area (Å²) in [6.45, 7) is 8.33. The van der Waals surface area contributed by atoms with Crippen LogP contribution >= 0.6 is 0 Å². The number of hydrogen-bond acceptors (Lipinski definition) is 2. The van der Waals surface area contributed by atoms with Gasteiger partial charge in [-0.2, -0.15) is 0 Å². The molecule has 0 fully saturated rings. The Balaban J connectivity index is 2.12. The Kier molecular flexibility index (Phi) is 4.81. The van der Waals surface area contributed by atoms with Gasteiger partial charge in [-0.25, -0.2) is 0 Å². The molecular formula is C19H25NO. The molecule has 0 aliphatic rings. The lowest BCUT2D eigenvalue weighted by molar-refractivity contribution is 0.121. The molecule has 0 saturated carbocycles. The molecule has 2 aromatic carbocycles. The Morgan fingerprint density at radius 3 is 1.90 bits per heavy atom. The molecule has 2 aromatic rings. The second-order valence-electron chi connectivity index (χ2n) is 6.62. The number of hydrogen-bond donors (Lipinski definition) is 2. The van der Waals surface area contributed by atoms with Gasteiger partial charge >= 0.3 is 0 Å². The van der Waals surface area contributed by atoms with Gasteiger partial charge in [-0.3, -0.25) is 0 Å². The molecule has 0 spiro atoms. The maximum absolute atomic E-state index is 10.5. The van der Waals surface area contributed by atoms with Gasteiger partial charge in [0.15, 0.2) is 0 Å². The van der Waals surface area contributed by atoms with Crippen molar-refractivity contribution in [2.75, 3.05) is 0 Å². The van der Waals surface area contributed by atoms with E-state index in [2.05, 4.69) is 50.4 Å². The summed E-state index contributed by atoms with van der Waals surface area (Å²) < 4.78 is 0. The molecule has 0 aliphatic carbocycles. The van der Waals surface area contributed by atoms with Crippen LogP contribution in [0.15, 0.2) is 54.6 Å². The maximum atomic E-state index is 10.5. The van der Waals surface area contributed by atoms with Crippen LogP contribution in [0.3, 0.4) is 0 Å². The lowest BCUT2D eigenvalue weighted by atomic mass is 9.97. The molecule has 2 unspecified atom stereocenters. The molecule has 0 saturated heterocycles. The maximum Gasteiger partial charge on any atom is 0.0940 e. The molecule has 0 amide bonds. The van der Waals surface area contributed by atoms with Crippen LogP contribution in [0.5, 0.6) is 0 Å². The van der Waals surface area contributed by atoms with Crippen molar-refractivity contribution < 1.29 is 5.11 Å². The van der Waals surface area contributed by atoms with E-state index in [0.29, 0.717) is 0 Å². The molecule has 2 heteroatoms. The summed E-state index contributed by atoms with van der Waals surface area (Å²) in [5.74, 6) is 0. The molecule has 0 bridgehead atoms. The van der Waals surface area contributed by atoms with Gasteiger partial charge in [-0.05, 0) is 44.4 Å². The third kappa shape index (κ3) is 4.42. The van der Waals surface area contributed by atoms with Crippen LogP contribution in [0.4, 0.5) is 0 Å². The summed E-state index contributed by atoms with van der Waals surface area (Å²) in [7, 11) is 0. The van der Waals surface area contributed by atoms with Crippen molar-refractivity contribution in [1.82, 2.24) is 5.32 Å². The fourth-order valence-corrected chi connectivity index (χ4v) is 2.55. The van der Waals surface area contributed by atoms with Gasteiger partial charge in [0, 0.05) is 11.6 Å². The third-order valence-electron chi connectivity index (χ3n) is 3.49. The van der Waals surface area contributed by atoms with Crippen LogP contribution in [0.2, 0.25) is 0 Å². The molecule has 2 nitrogen and oxygen atoms in total. The van der Waals surface area contributed by atoms with Crippen molar-refractivity contribution >= 4 is 0 Å². The van der Waals surface area contributed by atoms with Crippen LogP contribution < -0.4 is 5.32 Å². The topological polar surface area (TPSA) is 32.3 Å². The molecular weight excluding hydrogens is 258 g/mol. The summed E-state index contributed by atoms with van der Waals surface area (Å²) in [5, 5.41) is 13.9. The monoisotopic (exact) mass is 283 g/mol. The van der Waals surface area contributed by atoms with Gasteiger partial charge in [0.25, 0.3) is 0 Å². The minimum absolute atomic E-state index is 0.00701. The number of aliphatic hydroxyl groups is 1. The van der Waals surface area contributed by atoms with E-state index in [1.807, 2.05) is 37.3 Å². The number of rotatable bonds is 4. The molecule has 21 heavy (non-hydrogen) atoms. The fraction of sp³-hybridized carbons (Fsp3) is 0.368. The average molecular weight is 283 g/mol. The Morgan fingerprint density at radius 1 is 0.857 bits per heavy atom. The highest BCUT2D eigenvalue weighted by Gasteiger charge is 2.21. The average Bonchev–Trinajstić information content (AvgIpc) is 2.46. The lowest BCUT2D eigenvalue weighted by Gasteiger charge is -2.29. The zero-order valence-corrected chi connectivity index (χ0v) is 13.3. The summed E-state index contributed by atoms with van der Waals surface area (Å²) in [6.07, 6.45) is -0.506. The first-order chi connectivity index (χ1) is 9.87. The summed E-state index contributed by atoms with van der Waals surface area (Å²) >= 11 is 0. The number of nitrogens with one attached hydrogen (secondary N) is 1. The van der Waals surface area contributed by atoms with E-state index >= 15 is 0 Å². The van der Waals surface area contributed by atoms with Crippen LogP contribution in [0, 0.1) is 0 Å². The van der Waals surface area contributed by atoms with Gasteiger partial charge < -0.3 is 10.4 Å². The highest BCUT2D eigenvalue weighted by atomic mass is 16.3. The highest BCUT2D eigenvalue weighted by Crippen LogP contribution is 2.23. The van der Waals surface area contributed by atoms with Crippen molar-refractivity contribution in [1.29, 1.82) is 0 Å². The van der Waals surface area contributed by atoms with E-state index in [9.17, 15) is 5.11 Å². The van der Waals surface area contributed by atoms with E-state index < -0.39 is 6.10 Å². The van der Waals surface area contributed by atoms with Crippen molar-refractivity contribution in [2.24, 2.45) is 0 Å². The van der Waals surface area contributed by atoms with E-state index in [0.717, 1.165) is 5.56 Å². The second-order valence-corrected chi connectivity index (χ2v) is 6.62. The zero-order valence-electron chi connectivity index (χ0n) is 13.3. The van der Waals surface area contributed by atoms with E-state index in [1.165, 1.54) is 11.1 Å². The highest BCUT2D eigenvalue weighted by molar-refractivity contribution is 5.63. The van der Waals surface area contributed by atoms with Gasteiger partial charge in [0.05, 0.1) is 6.10 Å². The van der Waals surface area contributed by atoms with Gasteiger partial charge in [0.2, 0.25) is 0 Å². The molecule has 0 aliphatic heterocycles. The number of aliphatic hydroxyl groups excluding tert-OH is 1. The van der Waals surface area contributed by atoms with Gasteiger partial charge in [-0.15, -0.1) is 0 Å². The molecule has 0 radical (unpaired) electrons. The summed E-state index contributed by atoms with van der Waals surface area (Å²) in [4.78, 5) is 0. The Bertz CT molecular complexity index is 554. The normalized spacial score (nSPS) is 14.7. The largest absolute Gasteiger partial charge is 0.387 e. The second kappa shape index (κ2) is 6.42. The number of benzene rings is 2. The standard InChI is InChI=1S/C19H25NO/c1-14(20-19(2,3)4)18(21)17-12-10-16(11-13-17)15-8-6-5-7-9-15/h5-14,18,20-21H,1-4H3. The fourth-order valence-electron chi connectivity index (χ4n) is 2.55. The van der Waals surface area contributed by atoms with Crippen molar-refractivity contribution in [3.63, 3.8) is 0 Å². The van der Waals surface area contributed by atoms with Crippen LogP contribution in [0.1, 0.15) is 39.4 Å². The minimum Gasteiger partial charge on any atom is -0.387 e. The molecule has 0 heterocycles. The van der Waals surface area contributed by atoms with Crippen molar-refractivity contribution in [3.05, 3.63) is 60.2 Å². The van der Waals surface area contributed by atoms with E-state index in [4.69, 9.17) is 0 Å². The minimum atomic E-state index is -0.506. The first kappa shape index (κ1) is 15.7. The molecule has 2 rings (SSSR count). The van der Waals surface area contributed by atoms with Gasteiger partial charge in [-0.1, -0.05) is 54.6 Å². The Hall–Kier alpha value is -1.64. The predicted octanol–water partition coefficient (Wildman–Crippen LogP) is 4.16. The van der Waals surface area contributed by atoms with Crippen molar-refractivity contribution in [2.45, 2.75) is 45.4 Å². The first-order valence-corrected chi connectivity index (χ1v) is 7.48. The van der Waals surface area contributed by atoms with Crippen LogP contribution in [-0.4, -0.2) is 16.7 Å².